The molecule has 2 aromatic rings. The van der Waals surface area contributed by atoms with Crippen molar-refractivity contribution < 1.29 is 0 Å². The molecule has 152 valence electrons. The Hall–Kier alpha value is -2.34. The van der Waals surface area contributed by atoms with E-state index in [1.165, 1.54) is 43.5 Å². The molecule has 0 aliphatic carbocycles. The van der Waals surface area contributed by atoms with Crippen molar-refractivity contribution in [2.45, 2.75) is 45.8 Å². The zero-order chi connectivity index (χ0) is 19.6. The molecule has 0 radical (unpaired) electrons. The van der Waals surface area contributed by atoms with Gasteiger partial charge in [-0.05, 0) is 49.0 Å². The second-order valence-electron chi connectivity index (χ2n) is 7.79. The SMILES string of the molecule is CN=C(NCc1ccc(CN2CCCCC2)cc1)NCC(C)Cn1cccn1. The van der Waals surface area contributed by atoms with Gasteiger partial charge >= 0.3 is 0 Å². The maximum Gasteiger partial charge on any atom is 0.191 e. The molecule has 1 fully saturated rings. The van der Waals surface area contributed by atoms with Crippen molar-refractivity contribution in [2.75, 3.05) is 26.7 Å². The predicted octanol–water partition coefficient (Wildman–Crippen LogP) is 2.87. The van der Waals surface area contributed by atoms with Crippen LogP contribution >= 0.6 is 0 Å². The van der Waals surface area contributed by atoms with E-state index in [9.17, 15) is 0 Å². The van der Waals surface area contributed by atoms with Gasteiger partial charge < -0.3 is 10.6 Å². The minimum absolute atomic E-state index is 0.465. The Morgan fingerprint density at radius 1 is 1.11 bits per heavy atom. The van der Waals surface area contributed by atoms with Gasteiger partial charge in [0.2, 0.25) is 0 Å². The van der Waals surface area contributed by atoms with E-state index in [-0.39, 0.29) is 0 Å². The lowest BCUT2D eigenvalue weighted by Gasteiger charge is -2.26. The highest BCUT2D eigenvalue weighted by Gasteiger charge is 2.10. The maximum atomic E-state index is 4.33. The summed E-state index contributed by atoms with van der Waals surface area (Å²) in [6.07, 6.45) is 7.89. The first kappa shape index (κ1) is 20.4. The maximum absolute atomic E-state index is 4.33. The van der Waals surface area contributed by atoms with Crippen molar-refractivity contribution in [3.8, 4) is 0 Å². The monoisotopic (exact) mass is 382 g/mol. The molecule has 6 nitrogen and oxygen atoms in total. The van der Waals surface area contributed by atoms with Gasteiger partial charge in [-0.3, -0.25) is 14.6 Å². The second kappa shape index (κ2) is 10.9. The van der Waals surface area contributed by atoms with Crippen LogP contribution in [0.15, 0.2) is 47.7 Å². The summed E-state index contributed by atoms with van der Waals surface area (Å²) in [7, 11) is 1.81. The lowest BCUT2D eigenvalue weighted by Crippen LogP contribution is -2.39. The highest BCUT2D eigenvalue weighted by molar-refractivity contribution is 5.79. The number of hydrogen-bond acceptors (Lipinski definition) is 3. The molecule has 0 spiro atoms. The average molecular weight is 383 g/mol. The molecule has 2 heterocycles. The summed E-state index contributed by atoms with van der Waals surface area (Å²) in [5.74, 6) is 1.30. The lowest BCUT2D eigenvalue weighted by atomic mass is 10.1. The van der Waals surface area contributed by atoms with Gasteiger partial charge in [-0.1, -0.05) is 37.6 Å². The third-order valence-electron chi connectivity index (χ3n) is 5.24. The van der Waals surface area contributed by atoms with E-state index in [4.69, 9.17) is 0 Å². The zero-order valence-corrected chi connectivity index (χ0v) is 17.3. The largest absolute Gasteiger partial charge is 0.356 e. The van der Waals surface area contributed by atoms with Crippen molar-refractivity contribution >= 4 is 5.96 Å². The molecule has 2 N–H and O–H groups in total. The van der Waals surface area contributed by atoms with Gasteiger partial charge in [0.25, 0.3) is 0 Å². The molecule has 1 aliphatic heterocycles. The van der Waals surface area contributed by atoms with Crippen molar-refractivity contribution in [2.24, 2.45) is 10.9 Å². The molecule has 6 heteroatoms. The van der Waals surface area contributed by atoms with Crippen LogP contribution in [0.25, 0.3) is 0 Å². The predicted molar refractivity (Wildman–Crippen MR) is 115 cm³/mol. The average Bonchev–Trinajstić information content (AvgIpc) is 3.23. The normalized spacial score (nSPS) is 16.7. The van der Waals surface area contributed by atoms with Crippen LogP contribution in [0.5, 0.6) is 0 Å². The molecular formula is C22H34N6. The molecule has 1 unspecified atom stereocenters. The van der Waals surface area contributed by atoms with E-state index in [0.29, 0.717) is 5.92 Å². The zero-order valence-electron chi connectivity index (χ0n) is 17.3. The second-order valence-corrected chi connectivity index (χ2v) is 7.79. The van der Waals surface area contributed by atoms with Crippen LogP contribution < -0.4 is 10.6 Å². The minimum Gasteiger partial charge on any atom is -0.356 e. The first-order chi connectivity index (χ1) is 13.7. The Balaban J connectivity index is 1.39. The number of aliphatic imine (C=N–C) groups is 1. The number of aromatic nitrogens is 2. The summed E-state index contributed by atoms with van der Waals surface area (Å²) in [6, 6.07) is 10.9. The van der Waals surface area contributed by atoms with Crippen LogP contribution in [0.1, 0.15) is 37.3 Å². The topological polar surface area (TPSA) is 57.5 Å². The Labute approximate surface area is 169 Å². The number of nitrogens with zero attached hydrogens (tertiary/aromatic N) is 4. The fourth-order valence-electron chi connectivity index (χ4n) is 3.61. The van der Waals surface area contributed by atoms with Crippen molar-refractivity contribution in [1.29, 1.82) is 0 Å². The van der Waals surface area contributed by atoms with Gasteiger partial charge in [-0.15, -0.1) is 0 Å². The molecule has 3 rings (SSSR count). The molecule has 0 amide bonds. The van der Waals surface area contributed by atoms with Crippen LogP contribution in [0.4, 0.5) is 0 Å². The highest BCUT2D eigenvalue weighted by atomic mass is 15.3. The lowest BCUT2D eigenvalue weighted by molar-refractivity contribution is 0.221. The third kappa shape index (κ3) is 6.68. The van der Waals surface area contributed by atoms with E-state index in [1.54, 1.807) is 0 Å². The number of hydrogen-bond donors (Lipinski definition) is 2. The number of piperidine rings is 1. The molecule has 1 saturated heterocycles. The summed E-state index contributed by atoms with van der Waals surface area (Å²) in [6.45, 7) is 8.29. The van der Waals surface area contributed by atoms with E-state index in [0.717, 1.165) is 32.1 Å². The van der Waals surface area contributed by atoms with Gasteiger partial charge in [0.05, 0.1) is 0 Å². The first-order valence-electron chi connectivity index (χ1n) is 10.4. The number of rotatable bonds is 8. The number of benzene rings is 1. The van der Waals surface area contributed by atoms with Crippen LogP contribution in [0, 0.1) is 5.92 Å². The van der Waals surface area contributed by atoms with Crippen molar-refractivity contribution in [3.05, 3.63) is 53.9 Å². The van der Waals surface area contributed by atoms with Crippen molar-refractivity contribution in [3.63, 3.8) is 0 Å². The van der Waals surface area contributed by atoms with E-state index < -0.39 is 0 Å². The van der Waals surface area contributed by atoms with Crippen LogP contribution in [-0.2, 0) is 19.6 Å². The summed E-state index contributed by atoms with van der Waals surface area (Å²) < 4.78 is 1.97. The van der Waals surface area contributed by atoms with Gasteiger partial charge in [0.15, 0.2) is 5.96 Å². The number of guanidine groups is 1. The Bertz CT molecular complexity index is 701. The van der Waals surface area contributed by atoms with Crippen LogP contribution in [-0.4, -0.2) is 47.3 Å². The van der Waals surface area contributed by atoms with Gasteiger partial charge in [-0.25, -0.2) is 0 Å². The standard InChI is InChI=1S/C22H34N6/c1-19(17-28-14-6-11-26-28)15-24-22(23-2)25-16-20-7-9-21(10-8-20)18-27-12-4-3-5-13-27/h6-11,14,19H,3-5,12-13,15-18H2,1-2H3,(H2,23,24,25). The molecule has 1 aromatic carbocycles. The fraction of sp³-hybridized carbons (Fsp3) is 0.545. The third-order valence-corrected chi connectivity index (χ3v) is 5.24. The summed E-state index contributed by atoms with van der Waals surface area (Å²) in [4.78, 5) is 6.89. The summed E-state index contributed by atoms with van der Waals surface area (Å²) in [5.41, 5.74) is 2.68. The molecular weight excluding hydrogens is 348 g/mol. The Morgan fingerprint density at radius 2 is 1.86 bits per heavy atom. The minimum atomic E-state index is 0.465. The molecule has 28 heavy (non-hydrogen) atoms. The van der Waals surface area contributed by atoms with Gasteiger partial charge in [0, 0.05) is 45.6 Å². The number of likely N-dealkylation sites (tertiary alicyclic amines) is 1. The summed E-state index contributed by atoms with van der Waals surface area (Å²) in [5, 5.41) is 11.1. The molecule has 1 aromatic heterocycles. The van der Waals surface area contributed by atoms with E-state index >= 15 is 0 Å². The summed E-state index contributed by atoms with van der Waals surface area (Å²) >= 11 is 0. The first-order valence-corrected chi connectivity index (χ1v) is 10.4. The number of nitrogens with one attached hydrogen (secondary N) is 2. The quantitative estimate of drug-likeness (QED) is 0.544. The highest BCUT2D eigenvalue weighted by Crippen LogP contribution is 2.13. The van der Waals surface area contributed by atoms with Crippen LogP contribution in [0.2, 0.25) is 0 Å². The van der Waals surface area contributed by atoms with E-state index in [1.807, 2.05) is 30.2 Å². The Morgan fingerprint density at radius 3 is 2.54 bits per heavy atom. The molecule has 1 atom stereocenters. The van der Waals surface area contributed by atoms with Crippen molar-refractivity contribution in [1.82, 2.24) is 25.3 Å². The van der Waals surface area contributed by atoms with Gasteiger partial charge in [-0.2, -0.15) is 5.10 Å². The molecule has 1 aliphatic rings. The molecule has 0 saturated carbocycles. The fourth-order valence-corrected chi connectivity index (χ4v) is 3.61. The smallest absolute Gasteiger partial charge is 0.191 e. The Kier molecular flexibility index (Phi) is 7.91. The van der Waals surface area contributed by atoms with Gasteiger partial charge in [0.1, 0.15) is 0 Å². The molecule has 0 bridgehead atoms. The van der Waals surface area contributed by atoms with Crippen LogP contribution in [0.3, 0.4) is 0 Å². The van der Waals surface area contributed by atoms with E-state index in [2.05, 4.69) is 56.8 Å².